The molecular weight excluding hydrogens is 412 g/mol. The molecule has 1 amide bonds. The highest BCUT2D eigenvalue weighted by Crippen LogP contribution is 2.31. The third-order valence-corrected chi connectivity index (χ3v) is 4.89. The van der Waals surface area contributed by atoms with Gasteiger partial charge in [-0.1, -0.05) is 12.8 Å². The Kier molecular flexibility index (Phi) is 7.11. The summed E-state index contributed by atoms with van der Waals surface area (Å²) in [6, 6.07) is 6.65. The quantitative estimate of drug-likeness (QED) is 0.419. The first-order valence-electron chi connectivity index (χ1n) is 9.80. The number of hydrogen-bond acceptors (Lipinski definition) is 6. The molecular formula is C21H21F2N3O5. The highest BCUT2D eigenvalue weighted by atomic mass is 19.1. The van der Waals surface area contributed by atoms with Crippen LogP contribution < -0.4 is 10.2 Å². The minimum absolute atomic E-state index is 0.0777. The maximum absolute atomic E-state index is 13.6. The summed E-state index contributed by atoms with van der Waals surface area (Å²) in [5, 5.41) is 13.7. The van der Waals surface area contributed by atoms with E-state index in [0.717, 1.165) is 43.9 Å². The number of amides is 1. The molecule has 8 nitrogen and oxygen atoms in total. The number of nitro benzene ring substituents is 1. The zero-order valence-corrected chi connectivity index (χ0v) is 16.6. The van der Waals surface area contributed by atoms with Crippen LogP contribution in [0.1, 0.15) is 36.0 Å². The zero-order chi connectivity index (χ0) is 22.4. The Morgan fingerprint density at radius 1 is 1.06 bits per heavy atom. The van der Waals surface area contributed by atoms with Crippen LogP contribution in [0.3, 0.4) is 0 Å². The molecule has 1 N–H and O–H groups in total. The number of nitrogens with zero attached hydrogens (tertiary/aromatic N) is 2. The number of nitrogens with one attached hydrogen (secondary N) is 1. The van der Waals surface area contributed by atoms with Gasteiger partial charge in [-0.2, -0.15) is 0 Å². The maximum Gasteiger partial charge on any atom is 0.338 e. The first-order valence-corrected chi connectivity index (χ1v) is 9.80. The number of esters is 1. The van der Waals surface area contributed by atoms with E-state index in [1.807, 2.05) is 4.90 Å². The monoisotopic (exact) mass is 433 g/mol. The van der Waals surface area contributed by atoms with Crippen LogP contribution in [0.5, 0.6) is 0 Å². The van der Waals surface area contributed by atoms with Gasteiger partial charge in [0, 0.05) is 25.2 Å². The van der Waals surface area contributed by atoms with Crippen molar-refractivity contribution >= 4 is 28.9 Å². The summed E-state index contributed by atoms with van der Waals surface area (Å²) in [6.07, 6.45) is 4.01. The number of carbonyl (C=O) groups is 2. The lowest BCUT2D eigenvalue weighted by atomic mass is 10.1. The molecule has 2 aromatic rings. The van der Waals surface area contributed by atoms with Crippen molar-refractivity contribution in [2.24, 2.45) is 0 Å². The van der Waals surface area contributed by atoms with Gasteiger partial charge in [-0.25, -0.2) is 13.6 Å². The highest BCUT2D eigenvalue weighted by Gasteiger charge is 2.23. The first kappa shape index (κ1) is 22.1. The smallest absolute Gasteiger partial charge is 0.338 e. The van der Waals surface area contributed by atoms with Crippen LogP contribution in [0.25, 0.3) is 0 Å². The molecule has 1 saturated heterocycles. The van der Waals surface area contributed by atoms with Crippen molar-refractivity contribution in [3.8, 4) is 0 Å². The molecule has 0 aromatic heterocycles. The van der Waals surface area contributed by atoms with E-state index in [1.165, 1.54) is 12.1 Å². The summed E-state index contributed by atoms with van der Waals surface area (Å²) in [7, 11) is 0. The minimum Gasteiger partial charge on any atom is -0.452 e. The van der Waals surface area contributed by atoms with E-state index >= 15 is 0 Å². The van der Waals surface area contributed by atoms with E-state index < -0.39 is 35.0 Å². The van der Waals surface area contributed by atoms with E-state index in [4.69, 9.17) is 4.74 Å². The topological polar surface area (TPSA) is 102 Å². The lowest BCUT2D eigenvalue weighted by Crippen LogP contribution is -2.25. The normalized spacial score (nSPS) is 13.9. The molecule has 0 unspecified atom stereocenters. The number of benzene rings is 2. The molecule has 2 aromatic carbocycles. The van der Waals surface area contributed by atoms with Crippen molar-refractivity contribution in [2.75, 3.05) is 29.9 Å². The van der Waals surface area contributed by atoms with Crippen LogP contribution in [0, 0.1) is 21.7 Å². The third-order valence-electron chi connectivity index (χ3n) is 4.89. The largest absolute Gasteiger partial charge is 0.452 e. The molecule has 0 saturated carbocycles. The maximum atomic E-state index is 13.6. The van der Waals surface area contributed by atoms with E-state index in [-0.39, 0.29) is 16.9 Å². The molecule has 0 spiro atoms. The average Bonchev–Trinajstić information content (AvgIpc) is 3.03. The van der Waals surface area contributed by atoms with Crippen LogP contribution in [0.2, 0.25) is 0 Å². The highest BCUT2D eigenvalue weighted by molar-refractivity contribution is 5.96. The van der Waals surface area contributed by atoms with Crippen LogP contribution in [0.15, 0.2) is 36.4 Å². The third kappa shape index (κ3) is 5.74. The van der Waals surface area contributed by atoms with Gasteiger partial charge in [-0.05, 0) is 37.1 Å². The SMILES string of the molecule is O=C(COC(=O)c1ccc(N2CCCCCC2)c([N+](=O)[O-])c1)Nc1ccc(F)cc1F. The Balaban J connectivity index is 1.66. The average molecular weight is 433 g/mol. The van der Waals surface area contributed by atoms with E-state index in [0.29, 0.717) is 24.8 Å². The summed E-state index contributed by atoms with van der Waals surface area (Å²) >= 11 is 0. The van der Waals surface area contributed by atoms with Gasteiger partial charge in [0.1, 0.15) is 17.3 Å². The Labute approximate surface area is 176 Å². The van der Waals surface area contributed by atoms with Crippen molar-refractivity contribution < 1.29 is 28.0 Å². The van der Waals surface area contributed by atoms with Crippen molar-refractivity contribution in [1.82, 2.24) is 0 Å². The van der Waals surface area contributed by atoms with Crippen LogP contribution >= 0.6 is 0 Å². The van der Waals surface area contributed by atoms with Gasteiger partial charge in [0.25, 0.3) is 11.6 Å². The number of nitro groups is 1. The summed E-state index contributed by atoms with van der Waals surface area (Å²) in [4.78, 5) is 37.1. The second-order valence-corrected chi connectivity index (χ2v) is 7.11. The van der Waals surface area contributed by atoms with Crippen molar-refractivity contribution in [3.63, 3.8) is 0 Å². The van der Waals surface area contributed by atoms with Crippen molar-refractivity contribution in [3.05, 3.63) is 63.7 Å². The summed E-state index contributed by atoms with van der Waals surface area (Å²) in [5.41, 5.74) is -0.118. The summed E-state index contributed by atoms with van der Waals surface area (Å²) in [6.45, 7) is 0.660. The number of anilines is 2. The van der Waals surface area contributed by atoms with Gasteiger partial charge in [-0.15, -0.1) is 0 Å². The van der Waals surface area contributed by atoms with Gasteiger partial charge in [0.15, 0.2) is 6.61 Å². The van der Waals surface area contributed by atoms with Crippen molar-refractivity contribution in [1.29, 1.82) is 0 Å². The van der Waals surface area contributed by atoms with Gasteiger partial charge >= 0.3 is 5.97 Å². The van der Waals surface area contributed by atoms with Gasteiger partial charge < -0.3 is 15.0 Å². The first-order chi connectivity index (χ1) is 14.8. The molecule has 0 radical (unpaired) electrons. The van der Waals surface area contributed by atoms with Crippen LogP contribution in [0.4, 0.5) is 25.8 Å². The van der Waals surface area contributed by atoms with E-state index in [2.05, 4.69) is 5.32 Å². The standard InChI is InChI=1S/C21H21F2N3O5/c22-15-6-7-17(16(23)12-15)24-20(27)13-31-21(28)14-5-8-18(19(11-14)26(29)30)25-9-3-1-2-4-10-25/h5-8,11-12H,1-4,9-10,13H2,(H,24,27). The lowest BCUT2D eigenvalue weighted by molar-refractivity contribution is -0.384. The predicted molar refractivity (Wildman–Crippen MR) is 109 cm³/mol. The van der Waals surface area contributed by atoms with E-state index in [1.54, 1.807) is 0 Å². The molecule has 1 aliphatic heterocycles. The molecule has 1 heterocycles. The Bertz CT molecular complexity index is 991. The molecule has 1 aliphatic rings. The van der Waals surface area contributed by atoms with Crippen LogP contribution in [-0.2, 0) is 9.53 Å². The summed E-state index contributed by atoms with van der Waals surface area (Å²) < 4.78 is 31.4. The number of rotatable bonds is 6. The molecule has 1 fully saturated rings. The number of carbonyl (C=O) groups excluding carboxylic acids is 2. The van der Waals surface area contributed by atoms with Crippen LogP contribution in [-0.4, -0.2) is 36.5 Å². The fourth-order valence-electron chi connectivity index (χ4n) is 3.37. The number of ether oxygens (including phenoxy) is 1. The molecule has 0 aliphatic carbocycles. The molecule has 31 heavy (non-hydrogen) atoms. The molecule has 3 rings (SSSR count). The Morgan fingerprint density at radius 2 is 1.77 bits per heavy atom. The minimum atomic E-state index is -0.973. The molecule has 0 bridgehead atoms. The fraction of sp³-hybridized carbons (Fsp3) is 0.333. The fourth-order valence-corrected chi connectivity index (χ4v) is 3.37. The van der Waals surface area contributed by atoms with Gasteiger partial charge in [0.05, 0.1) is 16.2 Å². The zero-order valence-electron chi connectivity index (χ0n) is 16.6. The Hall–Kier alpha value is -3.56. The molecule has 10 heteroatoms. The summed E-state index contributed by atoms with van der Waals surface area (Å²) in [5.74, 6) is -3.54. The van der Waals surface area contributed by atoms with Crippen molar-refractivity contribution in [2.45, 2.75) is 25.7 Å². The van der Waals surface area contributed by atoms with E-state index in [9.17, 15) is 28.5 Å². The van der Waals surface area contributed by atoms with Gasteiger partial charge in [-0.3, -0.25) is 14.9 Å². The second-order valence-electron chi connectivity index (χ2n) is 7.11. The van der Waals surface area contributed by atoms with Gasteiger partial charge in [0.2, 0.25) is 0 Å². The Morgan fingerprint density at radius 3 is 2.42 bits per heavy atom. The molecule has 0 atom stereocenters. The number of hydrogen-bond donors (Lipinski definition) is 1. The number of halogens is 2. The lowest BCUT2D eigenvalue weighted by Gasteiger charge is -2.22. The second kappa shape index (κ2) is 9.96. The predicted octanol–water partition coefficient (Wildman–Crippen LogP) is 4.05. The molecule has 164 valence electrons.